The molecule has 120 valence electrons. The van der Waals surface area contributed by atoms with E-state index in [0.29, 0.717) is 32.4 Å². The summed E-state index contributed by atoms with van der Waals surface area (Å²) in [6.07, 6.45) is 3.16. The number of amides is 1. The molecule has 0 radical (unpaired) electrons. The highest BCUT2D eigenvalue weighted by Gasteiger charge is 2.53. The summed E-state index contributed by atoms with van der Waals surface area (Å²) in [4.78, 5) is 14.2. The second kappa shape index (κ2) is 5.35. The van der Waals surface area contributed by atoms with Crippen molar-refractivity contribution in [3.8, 4) is 0 Å². The van der Waals surface area contributed by atoms with Crippen molar-refractivity contribution in [2.45, 2.75) is 30.7 Å². The van der Waals surface area contributed by atoms with Gasteiger partial charge in [0.05, 0.1) is 11.8 Å². The lowest BCUT2D eigenvalue weighted by atomic mass is 9.74. The summed E-state index contributed by atoms with van der Waals surface area (Å²) in [7, 11) is -1.29. The van der Waals surface area contributed by atoms with Crippen LogP contribution in [-0.2, 0) is 14.8 Å². The second-order valence-corrected chi connectivity index (χ2v) is 8.37. The second-order valence-electron chi connectivity index (χ2n) is 6.39. The molecule has 1 aromatic carbocycles. The number of nitrogens with zero attached hydrogens (tertiary/aromatic N) is 2. The van der Waals surface area contributed by atoms with Crippen molar-refractivity contribution < 1.29 is 13.2 Å². The van der Waals surface area contributed by atoms with Crippen LogP contribution in [0.25, 0.3) is 0 Å². The quantitative estimate of drug-likeness (QED) is 0.827. The topological polar surface area (TPSA) is 57.7 Å². The molecule has 6 heteroatoms. The molecular formula is C16H22N2O3S. The van der Waals surface area contributed by atoms with Crippen LogP contribution < -0.4 is 0 Å². The number of likely N-dealkylation sites (tertiary alicyclic amines) is 1. The number of benzene rings is 1. The van der Waals surface area contributed by atoms with Crippen molar-refractivity contribution in [3.05, 3.63) is 35.9 Å². The summed E-state index contributed by atoms with van der Waals surface area (Å²) in [5.74, 6) is 0.301. The summed E-state index contributed by atoms with van der Waals surface area (Å²) in [6, 6.07) is 10.1. The molecule has 0 N–H and O–H groups in total. The Kier molecular flexibility index (Phi) is 3.77. The van der Waals surface area contributed by atoms with E-state index < -0.39 is 10.0 Å². The molecule has 1 amide bonds. The monoisotopic (exact) mass is 322 g/mol. The third kappa shape index (κ3) is 2.44. The summed E-state index contributed by atoms with van der Waals surface area (Å²) in [6.45, 7) is 0.972. The van der Waals surface area contributed by atoms with Gasteiger partial charge in [0.1, 0.15) is 0 Å². The van der Waals surface area contributed by atoms with E-state index in [-0.39, 0.29) is 17.4 Å². The Morgan fingerprint density at radius 1 is 1.14 bits per heavy atom. The number of hydrogen-bond donors (Lipinski definition) is 0. The Hall–Kier alpha value is -1.40. The fraction of sp³-hybridized carbons (Fsp3) is 0.562. The molecular weight excluding hydrogens is 300 g/mol. The van der Waals surface area contributed by atoms with Gasteiger partial charge in [-0.25, -0.2) is 12.7 Å². The van der Waals surface area contributed by atoms with Gasteiger partial charge in [0.25, 0.3) is 0 Å². The van der Waals surface area contributed by atoms with Crippen molar-refractivity contribution in [2.24, 2.45) is 0 Å². The van der Waals surface area contributed by atoms with Gasteiger partial charge in [0, 0.05) is 32.5 Å². The number of hydrogen-bond acceptors (Lipinski definition) is 3. The third-order valence-corrected chi connectivity index (χ3v) is 6.63. The molecule has 2 saturated heterocycles. The largest absolute Gasteiger partial charge is 0.339 e. The predicted octanol–water partition coefficient (Wildman–Crippen LogP) is 1.43. The number of rotatable bonds is 2. The van der Waals surface area contributed by atoms with Gasteiger partial charge in [-0.15, -0.1) is 0 Å². The molecule has 5 nitrogen and oxygen atoms in total. The number of likely N-dealkylation sites (N-methyl/N-ethyl adjacent to an activating group) is 1. The van der Waals surface area contributed by atoms with Crippen molar-refractivity contribution in [1.82, 2.24) is 9.21 Å². The molecule has 1 spiro atoms. The van der Waals surface area contributed by atoms with Crippen molar-refractivity contribution in [1.29, 1.82) is 0 Å². The van der Waals surface area contributed by atoms with E-state index in [9.17, 15) is 13.2 Å². The maximum atomic E-state index is 12.3. The molecule has 2 fully saturated rings. The van der Waals surface area contributed by atoms with Crippen LogP contribution in [0, 0.1) is 0 Å². The van der Waals surface area contributed by atoms with Gasteiger partial charge in [-0.3, -0.25) is 4.79 Å². The molecule has 2 heterocycles. The molecule has 0 bridgehead atoms. The van der Waals surface area contributed by atoms with Crippen LogP contribution in [0.15, 0.2) is 30.3 Å². The van der Waals surface area contributed by atoms with Crippen molar-refractivity contribution >= 4 is 15.9 Å². The van der Waals surface area contributed by atoms with Crippen LogP contribution in [0.1, 0.15) is 30.7 Å². The average Bonchev–Trinajstić information content (AvgIpc) is 2.73. The van der Waals surface area contributed by atoms with Gasteiger partial charge in [-0.1, -0.05) is 30.3 Å². The highest BCUT2D eigenvalue weighted by molar-refractivity contribution is 7.88. The van der Waals surface area contributed by atoms with Gasteiger partial charge < -0.3 is 4.90 Å². The SMILES string of the molecule is CN1C(=O)C[C@H](c2ccccc2)C12CCN(S(C)(=O)=O)CC2. The number of carbonyl (C=O) groups excluding carboxylic acids is 1. The zero-order chi connectivity index (χ0) is 16.0. The molecule has 22 heavy (non-hydrogen) atoms. The molecule has 3 rings (SSSR count). The minimum Gasteiger partial charge on any atom is -0.339 e. The lowest BCUT2D eigenvalue weighted by molar-refractivity contribution is -0.130. The van der Waals surface area contributed by atoms with E-state index in [1.807, 2.05) is 30.1 Å². The Morgan fingerprint density at radius 2 is 1.73 bits per heavy atom. The first-order valence-electron chi connectivity index (χ1n) is 7.61. The molecule has 2 aliphatic rings. The molecule has 0 aliphatic carbocycles. The molecule has 0 unspecified atom stereocenters. The van der Waals surface area contributed by atoms with Crippen LogP contribution in [0.3, 0.4) is 0 Å². The van der Waals surface area contributed by atoms with E-state index in [1.54, 1.807) is 0 Å². The molecule has 0 saturated carbocycles. The summed E-state index contributed by atoms with van der Waals surface area (Å²) < 4.78 is 25.0. The third-order valence-electron chi connectivity index (χ3n) is 5.33. The normalized spacial score (nSPS) is 25.8. The van der Waals surface area contributed by atoms with Crippen molar-refractivity contribution in [3.63, 3.8) is 0 Å². The highest BCUT2D eigenvalue weighted by Crippen LogP contribution is 2.48. The minimum absolute atomic E-state index is 0.146. The minimum atomic E-state index is -3.16. The van der Waals surface area contributed by atoms with Crippen LogP contribution in [-0.4, -0.2) is 55.5 Å². The zero-order valence-electron chi connectivity index (χ0n) is 13.0. The Balaban J connectivity index is 1.91. The van der Waals surface area contributed by atoms with E-state index in [1.165, 1.54) is 16.1 Å². The summed E-state index contributed by atoms with van der Waals surface area (Å²) in [5, 5.41) is 0. The molecule has 1 aromatic rings. The van der Waals surface area contributed by atoms with Gasteiger partial charge in [-0.2, -0.15) is 0 Å². The molecule has 2 aliphatic heterocycles. The Morgan fingerprint density at radius 3 is 2.27 bits per heavy atom. The summed E-state index contributed by atoms with van der Waals surface area (Å²) >= 11 is 0. The van der Waals surface area contributed by atoms with E-state index in [2.05, 4.69) is 12.1 Å². The molecule has 1 atom stereocenters. The van der Waals surface area contributed by atoms with Gasteiger partial charge >= 0.3 is 0 Å². The Labute approximate surface area is 132 Å². The average molecular weight is 322 g/mol. The van der Waals surface area contributed by atoms with E-state index in [4.69, 9.17) is 0 Å². The summed E-state index contributed by atoms with van der Waals surface area (Å²) in [5.41, 5.74) is 0.924. The van der Waals surface area contributed by atoms with E-state index >= 15 is 0 Å². The maximum Gasteiger partial charge on any atom is 0.223 e. The predicted molar refractivity (Wildman–Crippen MR) is 85.0 cm³/mol. The number of carbonyl (C=O) groups is 1. The number of piperidine rings is 1. The van der Waals surface area contributed by atoms with Gasteiger partial charge in [-0.05, 0) is 18.4 Å². The lowest BCUT2D eigenvalue weighted by Gasteiger charge is -2.46. The standard InChI is InChI=1S/C16H22N2O3S/c1-17-15(19)12-14(13-6-4-3-5-7-13)16(17)8-10-18(11-9-16)22(2,20)21/h3-7,14H,8-12H2,1-2H3/t14-/m1/s1. The Bertz CT molecular complexity index is 664. The molecule has 0 aromatic heterocycles. The fourth-order valence-corrected chi connectivity index (χ4v) is 4.83. The fourth-order valence-electron chi connectivity index (χ4n) is 3.99. The first-order valence-corrected chi connectivity index (χ1v) is 9.46. The smallest absolute Gasteiger partial charge is 0.223 e. The van der Waals surface area contributed by atoms with Gasteiger partial charge in [0.2, 0.25) is 15.9 Å². The maximum absolute atomic E-state index is 12.3. The van der Waals surface area contributed by atoms with E-state index in [0.717, 1.165) is 0 Å². The first-order chi connectivity index (χ1) is 10.3. The highest BCUT2D eigenvalue weighted by atomic mass is 32.2. The van der Waals surface area contributed by atoms with Crippen LogP contribution in [0.5, 0.6) is 0 Å². The van der Waals surface area contributed by atoms with Gasteiger partial charge in [0.15, 0.2) is 0 Å². The van der Waals surface area contributed by atoms with Crippen molar-refractivity contribution in [2.75, 3.05) is 26.4 Å². The van der Waals surface area contributed by atoms with Crippen LogP contribution in [0.2, 0.25) is 0 Å². The first kappa shape index (κ1) is 15.5. The number of sulfonamides is 1. The van der Waals surface area contributed by atoms with Crippen LogP contribution in [0.4, 0.5) is 0 Å². The van der Waals surface area contributed by atoms with Crippen LogP contribution >= 0.6 is 0 Å². The zero-order valence-corrected chi connectivity index (χ0v) is 13.8. The lowest BCUT2D eigenvalue weighted by Crippen LogP contribution is -2.54.